The van der Waals surface area contributed by atoms with Crippen molar-refractivity contribution >= 4 is 74.3 Å². The van der Waals surface area contributed by atoms with E-state index in [2.05, 4.69) is 46.7 Å². The number of H-pyrrole nitrogens is 1. The van der Waals surface area contributed by atoms with Gasteiger partial charge in [0.1, 0.15) is 17.5 Å². The number of benzene rings is 4. The standard InChI is InChI=1S/C27H27FN6O3S.C24H24FN3O4S/c1-15-19(12-17(13-21(15)28)24(36)32-22-7-8-31-34-22)18-6-5-16(23(35)30-14-27(2,3)4)11-20(18)25(37)33-26-29-9-10-38-26;1-13-17(10-15(22(31)32)11-19(13)25)16-6-5-14(20(29)27-12-24(2,3)4)9-18(16)21(30)28-23-26-7-8-33-23/h5-13H,14H2,1-4H3,(H,30,35)(H,29,33,37)(H2,31,32,34,36);5-11H,12H2,1-4H3,(H,27,29)(H,31,32)(H,26,28,30). The quantitative estimate of drug-likeness (QED) is 0.0577. The lowest BCUT2D eigenvalue weighted by atomic mass is 9.91. The molecule has 71 heavy (non-hydrogen) atoms. The highest BCUT2D eigenvalue weighted by atomic mass is 32.1. The molecule has 7 aromatic rings. The van der Waals surface area contributed by atoms with Gasteiger partial charge >= 0.3 is 5.97 Å². The molecule has 3 heterocycles. The van der Waals surface area contributed by atoms with E-state index in [1.807, 2.05) is 41.5 Å². The molecule has 0 bridgehead atoms. The molecule has 16 nitrogen and oxygen atoms in total. The first-order valence-electron chi connectivity index (χ1n) is 21.9. The Morgan fingerprint density at radius 3 is 1.39 bits per heavy atom. The fourth-order valence-corrected chi connectivity index (χ4v) is 7.75. The third-order valence-electron chi connectivity index (χ3n) is 10.4. The monoisotopic (exact) mass is 1000 g/mol. The van der Waals surface area contributed by atoms with E-state index in [1.54, 1.807) is 42.1 Å². The molecule has 0 aliphatic carbocycles. The first kappa shape index (κ1) is 52.4. The highest BCUT2D eigenvalue weighted by molar-refractivity contribution is 7.14. The topological polar surface area (TPSA) is 237 Å². The number of halogens is 2. The largest absolute Gasteiger partial charge is 0.478 e. The molecule has 0 unspecified atom stereocenters. The summed E-state index contributed by atoms with van der Waals surface area (Å²) in [6.45, 7) is 15.9. The van der Waals surface area contributed by atoms with Crippen LogP contribution in [0, 0.1) is 36.3 Å². The van der Waals surface area contributed by atoms with Crippen LogP contribution in [0.5, 0.6) is 0 Å². The van der Waals surface area contributed by atoms with Gasteiger partial charge in [-0.1, -0.05) is 53.7 Å². The van der Waals surface area contributed by atoms with Crippen LogP contribution >= 0.6 is 22.7 Å². The molecule has 0 aliphatic heterocycles. The average molecular weight is 1000 g/mol. The van der Waals surface area contributed by atoms with Crippen LogP contribution in [0.15, 0.2) is 96.1 Å². The molecule has 3 aromatic heterocycles. The van der Waals surface area contributed by atoms with Gasteiger partial charge in [0, 0.05) is 70.1 Å². The maximum Gasteiger partial charge on any atom is 0.335 e. The molecule has 7 rings (SSSR count). The molecule has 0 radical (unpaired) electrons. The number of amides is 5. The maximum atomic E-state index is 15.0. The van der Waals surface area contributed by atoms with Crippen molar-refractivity contribution in [3.8, 4) is 22.3 Å². The number of carboxylic acids is 1. The molecular weight excluding hydrogens is 953 g/mol. The van der Waals surface area contributed by atoms with Gasteiger partial charge in [-0.3, -0.25) is 39.7 Å². The van der Waals surface area contributed by atoms with Gasteiger partial charge in [0.2, 0.25) is 0 Å². The second kappa shape index (κ2) is 22.2. The Morgan fingerprint density at radius 1 is 0.549 bits per heavy atom. The minimum atomic E-state index is -1.29. The molecule has 368 valence electrons. The number of rotatable bonds is 13. The van der Waals surface area contributed by atoms with E-state index >= 15 is 4.39 Å². The molecule has 0 fully saturated rings. The number of anilines is 3. The molecule has 5 amide bonds. The van der Waals surface area contributed by atoms with Crippen LogP contribution in [-0.4, -0.2) is 73.9 Å². The Balaban J connectivity index is 0.000000235. The fourth-order valence-electron chi connectivity index (χ4n) is 6.70. The first-order valence-corrected chi connectivity index (χ1v) is 23.6. The molecule has 0 saturated carbocycles. The Hall–Kier alpha value is -7.97. The van der Waals surface area contributed by atoms with Gasteiger partial charge in [0.15, 0.2) is 10.3 Å². The molecule has 0 atom stereocenters. The van der Waals surface area contributed by atoms with Crippen molar-refractivity contribution in [1.82, 2.24) is 30.8 Å². The van der Waals surface area contributed by atoms with Gasteiger partial charge in [0.05, 0.1) is 11.8 Å². The summed E-state index contributed by atoms with van der Waals surface area (Å²) in [6.07, 6.45) is 4.57. The maximum absolute atomic E-state index is 15.0. The predicted octanol–water partition coefficient (Wildman–Crippen LogP) is 10.2. The lowest BCUT2D eigenvalue weighted by Crippen LogP contribution is -2.32. The van der Waals surface area contributed by atoms with Crippen molar-refractivity contribution in [3.05, 3.63) is 152 Å². The molecule has 20 heteroatoms. The van der Waals surface area contributed by atoms with Crippen LogP contribution in [-0.2, 0) is 0 Å². The normalized spacial score (nSPS) is 11.2. The Morgan fingerprint density at radius 2 is 1.00 bits per heavy atom. The third kappa shape index (κ3) is 13.9. The lowest BCUT2D eigenvalue weighted by Gasteiger charge is -2.19. The number of aromatic carboxylic acids is 1. The minimum absolute atomic E-state index is 0.0518. The van der Waals surface area contributed by atoms with E-state index in [1.165, 1.54) is 78.4 Å². The van der Waals surface area contributed by atoms with E-state index in [-0.39, 0.29) is 72.7 Å². The van der Waals surface area contributed by atoms with Crippen LogP contribution in [0.4, 0.5) is 24.9 Å². The number of aromatic amines is 1. The summed E-state index contributed by atoms with van der Waals surface area (Å²) in [6, 6.07) is 15.5. The number of nitrogens with zero attached hydrogens (tertiary/aromatic N) is 3. The van der Waals surface area contributed by atoms with Crippen molar-refractivity contribution in [2.24, 2.45) is 10.8 Å². The number of aromatic nitrogens is 4. The zero-order valence-electron chi connectivity index (χ0n) is 40.0. The van der Waals surface area contributed by atoms with Crippen LogP contribution in [0.3, 0.4) is 0 Å². The SMILES string of the molecule is Cc1c(F)cc(C(=O)Nc2ccn[nH]2)cc1-c1ccc(C(=O)NCC(C)(C)C)cc1C(=O)Nc1nccs1.Cc1c(F)cc(C(=O)O)cc1-c1ccc(C(=O)NCC(C)(C)C)cc1C(=O)Nc1nccs1. The summed E-state index contributed by atoms with van der Waals surface area (Å²) in [5, 5.41) is 33.6. The van der Waals surface area contributed by atoms with Gasteiger partial charge in [-0.25, -0.2) is 23.5 Å². The zero-order chi connectivity index (χ0) is 51.8. The van der Waals surface area contributed by atoms with Crippen LogP contribution in [0.2, 0.25) is 0 Å². The van der Waals surface area contributed by atoms with Crippen molar-refractivity contribution in [3.63, 3.8) is 0 Å². The minimum Gasteiger partial charge on any atom is -0.478 e. The number of nitrogens with one attached hydrogen (secondary N) is 6. The highest BCUT2D eigenvalue weighted by Gasteiger charge is 2.24. The number of carbonyl (C=O) groups excluding carboxylic acids is 5. The average Bonchev–Trinajstić information content (AvgIpc) is 4.15. The number of hydrogen-bond donors (Lipinski definition) is 7. The molecule has 0 saturated heterocycles. The molecule has 4 aromatic carbocycles. The summed E-state index contributed by atoms with van der Waals surface area (Å²) < 4.78 is 29.6. The van der Waals surface area contributed by atoms with Gasteiger partial charge in [0.25, 0.3) is 29.5 Å². The zero-order valence-corrected chi connectivity index (χ0v) is 41.6. The number of carboxylic acid groups (broad SMARTS) is 1. The number of thiazole rings is 2. The molecular formula is C51H51F2N9O7S2. The second-order valence-corrected chi connectivity index (χ2v) is 20.4. The molecule has 7 N–H and O–H groups in total. The van der Waals surface area contributed by atoms with Crippen molar-refractivity contribution in [2.75, 3.05) is 29.0 Å². The van der Waals surface area contributed by atoms with Crippen molar-refractivity contribution in [2.45, 2.75) is 55.4 Å². The van der Waals surface area contributed by atoms with E-state index in [9.17, 15) is 38.3 Å². The highest BCUT2D eigenvalue weighted by Crippen LogP contribution is 2.34. The summed E-state index contributed by atoms with van der Waals surface area (Å²) in [7, 11) is 0. The first-order chi connectivity index (χ1) is 33.5. The Kier molecular flexibility index (Phi) is 16.4. The third-order valence-corrected chi connectivity index (χ3v) is 11.8. The Labute approximate surface area is 415 Å². The van der Waals surface area contributed by atoms with Gasteiger partial charge in [-0.2, -0.15) is 5.10 Å². The van der Waals surface area contributed by atoms with Crippen LogP contribution in [0.25, 0.3) is 22.3 Å². The van der Waals surface area contributed by atoms with E-state index in [0.29, 0.717) is 45.9 Å². The second-order valence-electron chi connectivity index (χ2n) is 18.6. The number of carbonyl (C=O) groups is 6. The van der Waals surface area contributed by atoms with Crippen molar-refractivity contribution < 1.29 is 42.7 Å². The van der Waals surface area contributed by atoms with E-state index in [0.717, 1.165) is 12.1 Å². The van der Waals surface area contributed by atoms with Crippen LogP contribution in [0.1, 0.15) is 115 Å². The van der Waals surface area contributed by atoms with Gasteiger partial charge < -0.3 is 21.1 Å². The number of hydrogen-bond acceptors (Lipinski definition) is 11. The van der Waals surface area contributed by atoms with Crippen LogP contribution < -0.4 is 26.6 Å². The van der Waals surface area contributed by atoms with Gasteiger partial charge in [-0.05, 0) is 107 Å². The lowest BCUT2D eigenvalue weighted by molar-refractivity contribution is 0.0695. The summed E-state index contributed by atoms with van der Waals surface area (Å²) in [4.78, 5) is 84.5. The predicted molar refractivity (Wildman–Crippen MR) is 270 cm³/mol. The summed E-state index contributed by atoms with van der Waals surface area (Å²) >= 11 is 2.46. The van der Waals surface area contributed by atoms with E-state index < -0.39 is 35.3 Å². The summed E-state index contributed by atoms with van der Waals surface area (Å²) in [5.74, 6) is -4.58. The fraction of sp³-hybridized carbons (Fsp3) is 0.235. The van der Waals surface area contributed by atoms with Gasteiger partial charge in [-0.15, -0.1) is 22.7 Å². The van der Waals surface area contributed by atoms with E-state index in [4.69, 9.17) is 0 Å². The summed E-state index contributed by atoms with van der Waals surface area (Å²) in [5.41, 5.74) is 1.98. The molecule has 0 spiro atoms. The smallest absolute Gasteiger partial charge is 0.335 e. The van der Waals surface area contributed by atoms with Crippen molar-refractivity contribution in [1.29, 1.82) is 0 Å². The molecule has 0 aliphatic rings. The Bertz CT molecular complexity index is 3110.